The quantitative estimate of drug-likeness (QED) is 0.505. The number of amides is 1. The van der Waals surface area contributed by atoms with E-state index >= 15 is 0 Å². The number of carbonyl (C=O) groups excluding carboxylic acids is 2. The van der Waals surface area contributed by atoms with E-state index in [2.05, 4.69) is 0 Å². The van der Waals surface area contributed by atoms with Gasteiger partial charge in [-0.2, -0.15) is 0 Å². The van der Waals surface area contributed by atoms with Crippen molar-refractivity contribution in [3.8, 4) is 17.2 Å². The van der Waals surface area contributed by atoms with E-state index in [9.17, 15) is 14.7 Å². The molecule has 7 nitrogen and oxygen atoms in total. The third kappa shape index (κ3) is 4.27. The Kier molecular flexibility index (Phi) is 6.33. The lowest BCUT2D eigenvalue weighted by Gasteiger charge is -2.23. The van der Waals surface area contributed by atoms with E-state index in [0.717, 1.165) is 0 Å². The number of hydrogen-bond acceptors (Lipinski definition) is 6. The van der Waals surface area contributed by atoms with Crippen LogP contribution in [0.4, 0.5) is 5.69 Å². The highest BCUT2D eigenvalue weighted by atomic mass is 16.5. The monoisotopic (exact) mass is 447 g/mol. The van der Waals surface area contributed by atoms with Crippen molar-refractivity contribution in [1.82, 2.24) is 0 Å². The van der Waals surface area contributed by atoms with Crippen LogP contribution in [0.3, 0.4) is 0 Å². The van der Waals surface area contributed by atoms with Gasteiger partial charge in [0.15, 0.2) is 22.9 Å². The molecule has 33 heavy (non-hydrogen) atoms. The average molecular weight is 447 g/mol. The van der Waals surface area contributed by atoms with Crippen molar-refractivity contribution in [2.24, 2.45) is 0 Å². The highest BCUT2D eigenvalue weighted by Crippen LogP contribution is 2.42. The number of benzene rings is 3. The fourth-order valence-corrected chi connectivity index (χ4v) is 4.00. The maximum atomic E-state index is 13.3. The molecular formula is C26H25NO6. The maximum Gasteiger partial charge on any atom is 0.264 e. The van der Waals surface area contributed by atoms with Gasteiger partial charge in [0.2, 0.25) is 0 Å². The van der Waals surface area contributed by atoms with Gasteiger partial charge in [-0.3, -0.25) is 9.59 Å². The first-order valence-corrected chi connectivity index (χ1v) is 10.5. The SMILES string of the molecule is COc1ccc(C(=O)C[C@]2(O)C(=O)N(CCOc3ccccc3OC)c3ccccc32)cc1. The number of fused-ring (bicyclic) bond motifs is 1. The summed E-state index contributed by atoms with van der Waals surface area (Å²) in [7, 11) is 3.10. The summed E-state index contributed by atoms with van der Waals surface area (Å²) in [5.41, 5.74) is -0.573. The second-order valence-corrected chi connectivity index (χ2v) is 7.66. The zero-order valence-electron chi connectivity index (χ0n) is 18.5. The van der Waals surface area contributed by atoms with Crippen LogP contribution in [0, 0.1) is 0 Å². The zero-order valence-corrected chi connectivity index (χ0v) is 18.5. The molecule has 1 atom stereocenters. The largest absolute Gasteiger partial charge is 0.497 e. The lowest BCUT2D eigenvalue weighted by Crippen LogP contribution is -2.43. The van der Waals surface area contributed by atoms with Crippen molar-refractivity contribution >= 4 is 17.4 Å². The van der Waals surface area contributed by atoms with Gasteiger partial charge in [0, 0.05) is 11.1 Å². The zero-order chi connectivity index (χ0) is 23.4. The van der Waals surface area contributed by atoms with Crippen molar-refractivity contribution in [2.45, 2.75) is 12.0 Å². The number of methoxy groups -OCH3 is 2. The second kappa shape index (κ2) is 9.34. The molecule has 0 aromatic heterocycles. The summed E-state index contributed by atoms with van der Waals surface area (Å²) in [6.45, 7) is 0.385. The van der Waals surface area contributed by atoms with Crippen LogP contribution in [0.2, 0.25) is 0 Å². The van der Waals surface area contributed by atoms with Crippen molar-refractivity contribution in [3.63, 3.8) is 0 Å². The molecule has 3 aromatic carbocycles. The van der Waals surface area contributed by atoms with Gasteiger partial charge in [-0.1, -0.05) is 30.3 Å². The summed E-state index contributed by atoms with van der Waals surface area (Å²) in [6, 6.07) is 20.8. The highest BCUT2D eigenvalue weighted by Gasteiger charge is 2.50. The van der Waals surface area contributed by atoms with Crippen LogP contribution in [-0.4, -0.2) is 44.2 Å². The van der Waals surface area contributed by atoms with Crippen LogP contribution in [0.15, 0.2) is 72.8 Å². The highest BCUT2D eigenvalue weighted by molar-refractivity contribution is 6.10. The number of nitrogens with zero attached hydrogens (tertiary/aromatic N) is 1. The standard InChI is InChI=1S/C26H25NO6/c1-31-19-13-11-18(12-14-19)22(28)17-26(30)20-7-3-4-8-21(20)27(25(26)29)15-16-33-24-10-6-5-9-23(24)32-2/h3-14,30H,15-17H2,1-2H3/t26-/m1/s1. The molecular weight excluding hydrogens is 422 g/mol. The number of rotatable bonds is 9. The number of aliphatic hydroxyl groups is 1. The molecule has 1 N–H and O–H groups in total. The van der Waals surface area contributed by atoms with E-state index in [4.69, 9.17) is 14.2 Å². The molecule has 0 radical (unpaired) electrons. The summed E-state index contributed by atoms with van der Waals surface area (Å²) in [4.78, 5) is 27.7. The van der Waals surface area contributed by atoms with Gasteiger partial charge >= 0.3 is 0 Å². The molecule has 0 saturated heterocycles. The summed E-state index contributed by atoms with van der Waals surface area (Å²) < 4.78 is 16.2. The van der Waals surface area contributed by atoms with E-state index in [-0.39, 0.29) is 25.4 Å². The minimum atomic E-state index is -1.95. The summed E-state index contributed by atoms with van der Waals surface area (Å²) in [5.74, 6) is 0.885. The molecule has 0 saturated carbocycles. The van der Waals surface area contributed by atoms with Gasteiger partial charge in [-0.25, -0.2) is 0 Å². The van der Waals surface area contributed by atoms with E-state index in [1.54, 1.807) is 74.9 Å². The topological polar surface area (TPSA) is 85.3 Å². The molecule has 1 aliphatic rings. The van der Waals surface area contributed by atoms with Crippen LogP contribution in [0.5, 0.6) is 17.2 Å². The van der Waals surface area contributed by atoms with Crippen molar-refractivity contribution in [2.75, 3.05) is 32.3 Å². The van der Waals surface area contributed by atoms with Gasteiger partial charge in [-0.15, -0.1) is 0 Å². The average Bonchev–Trinajstić information content (AvgIpc) is 3.06. The molecule has 0 bridgehead atoms. The van der Waals surface area contributed by atoms with E-state index in [0.29, 0.717) is 34.1 Å². The number of hydrogen-bond donors (Lipinski definition) is 1. The van der Waals surface area contributed by atoms with Gasteiger partial charge in [0.25, 0.3) is 5.91 Å². The van der Waals surface area contributed by atoms with E-state index in [1.165, 1.54) is 4.90 Å². The first kappa shape index (κ1) is 22.4. The molecule has 0 unspecified atom stereocenters. The third-order valence-electron chi connectivity index (χ3n) is 5.71. The van der Waals surface area contributed by atoms with Crippen molar-refractivity contribution in [1.29, 1.82) is 0 Å². The number of ether oxygens (including phenoxy) is 3. The van der Waals surface area contributed by atoms with Crippen LogP contribution in [-0.2, 0) is 10.4 Å². The molecule has 0 spiro atoms. The first-order chi connectivity index (χ1) is 16.0. The Bertz CT molecular complexity index is 1160. The Labute approximate surface area is 192 Å². The molecule has 0 aliphatic carbocycles. The molecule has 1 aliphatic heterocycles. The summed E-state index contributed by atoms with van der Waals surface area (Å²) >= 11 is 0. The molecule has 1 amide bonds. The van der Waals surface area contributed by atoms with Gasteiger partial charge in [0.05, 0.1) is 32.9 Å². The fraction of sp³-hybridized carbons (Fsp3) is 0.231. The normalized spacial score (nSPS) is 16.9. The second-order valence-electron chi connectivity index (χ2n) is 7.66. The van der Waals surface area contributed by atoms with Gasteiger partial charge < -0.3 is 24.2 Å². The van der Waals surface area contributed by atoms with Crippen LogP contribution < -0.4 is 19.1 Å². The smallest absolute Gasteiger partial charge is 0.264 e. The third-order valence-corrected chi connectivity index (χ3v) is 5.71. The lowest BCUT2D eigenvalue weighted by molar-refractivity contribution is -0.135. The predicted octanol–water partition coefficient (Wildman–Crippen LogP) is 3.59. The van der Waals surface area contributed by atoms with Gasteiger partial charge in [-0.05, 0) is 42.5 Å². The Morgan fingerprint density at radius 3 is 2.27 bits per heavy atom. The molecule has 7 heteroatoms. The van der Waals surface area contributed by atoms with Crippen molar-refractivity contribution in [3.05, 3.63) is 83.9 Å². The maximum absolute atomic E-state index is 13.3. The minimum absolute atomic E-state index is 0.183. The number of anilines is 1. The van der Waals surface area contributed by atoms with Crippen LogP contribution >= 0.6 is 0 Å². The molecule has 1 heterocycles. The predicted molar refractivity (Wildman–Crippen MR) is 123 cm³/mol. The number of ketones is 1. The molecule has 4 rings (SSSR count). The summed E-state index contributed by atoms with van der Waals surface area (Å²) in [6.07, 6.45) is -0.362. The summed E-state index contributed by atoms with van der Waals surface area (Å²) in [5, 5.41) is 11.4. The number of Topliss-reactive ketones (excluding diaryl/α,β-unsaturated/α-hetero) is 1. The van der Waals surface area contributed by atoms with Crippen molar-refractivity contribution < 1.29 is 28.9 Å². The lowest BCUT2D eigenvalue weighted by atomic mass is 9.88. The Morgan fingerprint density at radius 1 is 0.909 bits per heavy atom. The number of carbonyl (C=O) groups is 2. The van der Waals surface area contributed by atoms with E-state index < -0.39 is 11.5 Å². The first-order valence-electron chi connectivity index (χ1n) is 10.5. The Balaban J connectivity index is 1.52. The Hall–Kier alpha value is -3.84. The van der Waals surface area contributed by atoms with Gasteiger partial charge in [0.1, 0.15) is 12.4 Å². The number of para-hydroxylation sites is 3. The molecule has 170 valence electrons. The molecule has 3 aromatic rings. The van der Waals surface area contributed by atoms with Crippen LogP contribution in [0.1, 0.15) is 22.3 Å². The van der Waals surface area contributed by atoms with Crippen LogP contribution in [0.25, 0.3) is 0 Å². The fourth-order valence-electron chi connectivity index (χ4n) is 4.00. The minimum Gasteiger partial charge on any atom is -0.497 e. The Morgan fingerprint density at radius 2 is 1.58 bits per heavy atom. The molecule has 0 fully saturated rings. The van der Waals surface area contributed by atoms with E-state index in [1.807, 2.05) is 12.1 Å².